The van der Waals surface area contributed by atoms with Crippen molar-refractivity contribution in [2.45, 2.75) is 297 Å². The van der Waals surface area contributed by atoms with E-state index in [9.17, 15) is 14.4 Å². The second-order valence-corrected chi connectivity index (χ2v) is 22.0. The minimum absolute atomic E-state index is 0.104. The van der Waals surface area contributed by atoms with Crippen molar-refractivity contribution in [1.82, 2.24) is 0 Å². The zero-order valence-electron chi connectivity index (χ0n) is 53.7. The van der Waals surface area contributed by atoms with E-state index in [-0.39, 0.29) is 31.1 Å². The van der Waals surface area contributed by atoms with E-state index in [0.717, 1.165) is 161 Å². The Kier molecular flexibility index (Phi) is 65.4. The van der Waals surface area contributed by atoms with Crippen molar-refractivity contribution >= 4 is 17.9 Å². The van der Waals surface area contributed by atoms with Crippen molar-refractivity contribution in [2.75, 3.05) is 13.2 Å². The van der Waals surface area contributed by atoms with Gasteiger partial charge in [0.05, 0.1) is 0 Å². The van der Waals surface area contributed by atoms with E-state index in [1.54, 1.807) is 0 Å². The first-order chi connectivity index (χ1) is 41.0. The first-order valence-corrected chi connectivity index (χ1v) is 34.0. The number of esters is 3. The summed E-state index contributed by atoms with van der Waals surface area (Å²) in [5.41, 5.74) is 0. The Morgan fingerprint density at radius 2 is 0.470 bits per heavy atom. The molecule has 0 aromatic heterocycles. The monoisotopic (exact) mass is 1140 g/mol. The number of rotatable bonds is 60. The van der Waals surface area contributed by atoms with Gasteiger partial charge in [0.2, 0.25) is 0 Å². The molecule has 6 heteroatoms. The maximum Gasteiger partial charge on any atom is 0.306 e. The lowest BCUT2D eigenvalue weighted by Crippen LogP contribution is -2.30. The fraction of sp³-hybridized carbons (Fsp3) is 0.623. The fourth-order valence-electron chi connectivity index (χ4n) is 8.91. The molecule has 0 radical (unpaired) electrons. The predicted octanol–water partition coefficient (Wildman–Crippen LogP) is 23.7. The van der Waals surface area contributed by atoms with Crippen LogP contribution in [0.3, 0.4) is 0 Å². The fourth-order valence-corrected chi connectivity index (χ4v) is 8.91. The Bertz CT molecular complexity index is 1840. The van der Waals surface area contributed by atoms with Gasteiger partial charge >= 0.3 is 17.9 Å². The molecular formula is C77H124O6. The average molecular weight is 1150 g/mol. The Balaban J connectivity index is 4.46. The van der Waals surface area contributed by atoms with Crippen LogP contribution in [0.2, 0.25) is 0 Å². The van der Waals surface area contributed by atoms with Crippen LogP contribution in [0.4, 0.5) is 0 Å². The highest BCUT2D eigenvalue weighted by molar-refractivity contribution is 5.71. The minimum atomic E-state index is -0.811. The van der Waals surface area contributed by atoms with E-state index < -0.39 is 6.10 Å². The molecule has 0 aliphatic heterocycles. The number of carbonyl (C=O) groups excluding carboxylic acids is 3. The van der Waals surface area contributed by atoms with Gasteiger partial charge < -0.3 is 14.2 Å². The van der Waals surface area contributed by atoms with Crippen LogP contribution in [0, 0.1) is 0 Å². The van der Waals surface area contributed by atoms with Crippen LogP contribution < -0.4 is 0 Å². The summed E-state index contributed by atoms with van der Waals surface area (Å²) < 4.78 is 16.9. The second kappa shape index (κ2) is 69.5. The molecule has 6 nitrogen and oxygen atoms in total. The Labute approximate surface area is 511 Å². The van der Waals surface area contributed by atoms with E-state index in [1.807, 2.05) is 0 Å². The smallest absolute Gasteiger partial charge is 0.306 e. The molecule has 83 heavy (non-hydrogen) atoms. The Hall–Kier alpha value is -4.97. The number of hydrogen-bond acceptors (Lipinski definition) is 6. The van der Waals surface area contributed by atoms with E-state index >= 15 is 0 Å². The van der Waals surface area contributed by atoms with Crippen molar-refractivity contribution in [3.05, 3.63) is 158 Å². The van der Waals surface area contributed by atoms with Crippen molar-refractivity contribution in [3.63, 3.8) is 0 Å². The van der Waals surface area contributed by atoms with Crippen LogP contribution in [0.25, 0.3) is 0 Å². The zero-order chi connectivity index (χ0) is 59.9. The summed E-state index contributed by atoms with van der Waals surface area (Å²) in [6.45, 7) is 6.45. The van der Waals surface area contributed by atoms with Crippen molar-refractivity contribution < 1.29 is 28.6 Å². The summed E-state index contributed by atoms with van der Waals surface area (Å²) in [5.74, 6) is -0.958. The molecule has 0 spiro atoms. The third-order valence-corrected chi connectivity index (χ3v) is 14.0. The molecule has 0 bridgehead atoms. The van der Waals surface area contributed by atoms with Crippen molar-refractivity contribution in [3.8, 4) is 0 Å². The van der Waals surface area contributed by atoms with Gasteiger partial charge in [-0.1, -0.05) is 275 Å². The molecule has 0 heterocycles. The SMILES string of the molecule is CC/C=C\C/C=C\C/C=C\C/C=C\C/C=C\C/C=C\C/C=C\C/C=C\C/C=C\CCCCCC(=O)OCC(COC(=O)CCCCCCC/C=C\CCCCCCCC)OC(=O)CCCCCCCC/C=C\C/C=C\C/C=C\CCCCC. The zero-order valence-corrected chi connectivity index (χ0v) is 53.7. The molecule has 0 aromatic rings. The molecule has 0 amide bonds. The van der Waals surface area contributed by atoms with Crippen LogP contribution in [0.15, 0.2) is 158 Å². The molecule has 1 unspecified atom stereocenters. The molecule has 0 saturated carbocycles. The van der Waals surface area contributed by atoms with Gasteiger partial charge in [0, 0.05) is 19.3 Å². The lowest BCUT2D eigenvalue weighted by atomic mass is 10.1. The van der Waals surface area contributed by atoms with Crippen molar-refractivity contribution in [2.24, 2.45) is 0 Å². The van der Waals surface area contributed by atoms with Crippen molar-refractivity contribution in [1.29, 1.82) is 0 Å². The van der Waals surface area contributed by atoms with Crippen LogP contribution in [0.5, 0.6) is 0 Å². The molecule has 1 atom stereocenters. The van der Waals surface area contributed by atoms with E-state index in [0.29, 0.717) is 19.3 Å². The maximum atomic E-state index is 12.9. The largest absolute Gasteiger partial charge is 0.462 e. The number of ether oxygens (including phenoxy) is 3. The van der Waals surface area contributed by atoms with Gasteiger partial charge in [-0.25, -0.2) is 0 Å². The molecular weight excluding hydrogens is 1020 g/mol. The first kappa shape index (κ1) is 78.0. The maximum absolute atomic E-state index is 12.9. The number of allylic oxidation sites excluding steroid dienone is 26. The van der Waals surface area contributed by atoms with Gasteiger partial charge in [0.15, 0.2) is 6.10 Å². The normalized spacial score (nSPS) is 13.1. The number of hydrogen-bond donors (Lipinski definition) is 0. The van der Waals surface area contributed by atoms with E-state index in [1.165, 1.54) is 89.9 Å². The molecule has 0 saturated heterocycles. The summed E-state index contributed by atoms with van der Waals surface area (Å²) in [6, 6.07) is 0. The quantitative estimate of drug-likeness (QED) is 0.0261. The van der Waals surface area contributed by atoms with Gasteiger partial charge in [0.25, 0.3) is 0 Å². The highest BCUT2D eigenvalue weighted by Gasteiger charge is 2.19. The molecule has 0 fully saturated rings. The molecule has 0 rings (SSSR count). The number of carbonyl (C=O) groups is 3. The summed E-state index contributed by atoms with van der Waals surface area (Å²) >= 11 is 0. The molecule has 0 aliphatic rings. The van der Waals surface area contributed by atoms with Gasteiger partial charge in [-0.2, -0.15) is 0 Å². The minimum Gasteiger partial charge on any atom is -0.462 e. The van der Waals surface area contributed by atoms with Gasteiger partial charge in [-0.05, 0) is 154 Å². The Morgan fingerprint density at radius 1 is 0.253 bits per heavy atom. The van der Waals surface area contributed by atoms with Gasteiger partial charge in [-0.15, -0.1) is 0 Å². The highest BCUT2D eigenvalue weighted by atomic mass is 16.6. The molecule has 0 aliphatic carbocycles. The Morgan fingerprint density at radius 3 is 0.783 bits per heavy atom. The predicted molar refractivity (Wildman–Crippen MR) is 362 cm³/mol. The molecule has 468 valence electrons. The van der Waals surface area contributed by atoms with Gasteiger partial charge in [-0.3, -0.25) is 14.4 Å². The van der Waals surface area contributed by atoms with E-state index in [2.05, 4.69) is 179 Å². The number of unbranched alkanes of at least 4 members (excludes halogenated alkanes) is 23. The third kappa shape index (κ3) is 67.7. The average Bonchev–Trinajstić information content (AvgIpc) is 3.49. The summed E-state index contributed by atoms with van der Waals surface area (Å²) in [6.07, 6.45) is 101. The summed E-state index contributed by atoms with van der Waals surface area (Å²) in [5, 5.41) is 0. The third-order valence-electron chi connectivity index (χ3n) is 14.0. The summed E-state index contributed by atoms with van der Waals surface area (Å²) in [4.78, 5) is 38.4. The second-order valence-electron chi connectivity index (χ2n) is 22.0. The highest BCUT2D eigenvalue weighted by Crippen LogP contribution is 2.14. The topological polar surface area (TPSA) is 78.9 Å². The van der Waals surface area contributed by atoms with Crippen LogP contribution in [0.1, 0.15) is 290 Å². The van der Waals surface area contributed by atoms with Gasteiger partial charge in [0.1, 0.15) is 13.2 Å². The van der Waals surface area contributed by atoms with Crippen LogP contribution in [-0.4, -0.2) is 37.2 Å². The standard InChI is InChI=1S/C77H124O6/c1-4-7-10-13-16-19-22-25-28-30-32-33-34-35-36-37-38-39-40-41-42-43-45-46-49-52-55-58-61-64-67-70-76(79)82-73-74(72-81-75(78)69-66-63-60-57-54-51-48-27-24-21-18-15-12-9-6-3)83-77(80)71-68-65-62-59-56-53-50-47-44-31-29-26-23-20-17-14-11-8-5-2/h7,10,16-17,19-20,25-29,32-33,35-36,38-39,41-42,44-48,52,55,74H,4-6,8-9,11-15,18,21-24,30-31,34,37,40,43,49-51,53-54,56-73H2,1-3H3/b10-7-,19-16-,20-17-,28-25-,29-26-,33-32-,36-35-,39-38-,42-41-,46-45-,47-44-,48-27-,55-52-. The molecule has 0 aromatic carbocycles. The first-order valence-electron chi connectivity index (χ1n) is 34.0. The lowest BCUT2D eigenvalue weighted by Gasteiger charge is -2.18. The summed E-state index contributed by atoms with van der Waals surface area (Å²) in [7, 11) is 0. The molecule has 0 N–H and O–H groups in total. The van der Waals surface area contributed by atoms with E-state index in [4.69, 9.17) is 14.2 Å². The van der Waals surface area contributed by atoms with Crippen LogP contribution >= 0.6 is 0 Å². The van der Waals surface area contributed by atoms with Crippen LogP contribution in [-0.2, 0) is 28.6 Å². The lowest BCUT2D eigenvalue weighted by molar-refractivity contribution is -0.167.